The highest BCUT2D eigenvalue weighted by atomic mass is 16.6. The molecule has 1 aliphatic rings. The van der Waals surface area contributed by atoms with Crippen molar-refractivity contribution in [2.45, 2.75) is 214 Å². The fraction of sp³-hybridized carbons (Fsp3) is 0.333. The Labute approximate surface area is 815 Å². The number of methoxy groups -OCH3 is 6. The second-order valence-corrected chi connectivity index (χ2v) is 34.2. The van der Waals surface area contributed by atoms with E-state index in [4.69, 9.17) is 56.8 Å². The van der Waals surface area contributed by atoms with Crippen molar-refractivity contribution in [1.82, 2.24) is 0 Å². The van der Waals surface area contributed by atoms with Crippen molar-refractivity contribution in [2.24, 2.45) is 0 Å². The van der Waals surface area contributed by atoms with Crippen molar-refractivity contribution >= 4 is 41.6 Å². The Morgan fingerprint density at radius 2 is 0.551 bits per heavy atom. The maximum atomic E-state index is 11.7. The fourth-order valence-electron chi connectivity index (χ4n) is 15.7. The molecule has 0 heterocycles. The summed E-state index contributed by atoms with van der Waals surface area (Å²) >= 11 is 0. The molecule has 0 saturated heterocycles. The highest BCUT2D eigenvalue weighted by Crippen LogP contribution is 2.43. The van der Waals surface area contributed by atoms with Crippen molar-refractivity contribution in [3.63, 3.8) is 0 Å². The second-order valence-electron chi connectivity index (χ2n) is 34.2. The van der Waals surface area contributed by atoms with Crippen LogP contribution in [0.4, 0.5) is 10.5 Å². The number of ether oxygens (including phenoxy) is 13. The van der Waals surface area contributed by atoms with Crippen LogP contribution in [-0.4, -0.2) is 90.3 Å². The van der Waals surface area contributed by atoms with Crippen LogP contribution in [0, 0.1) is 96.9 Å². The normalized spacial score (nSPS) is 10.9. The number of carbonyl (C=O) groups is 6. The van der Waals surface area contributed by atoms with Gasteiger partial charge < -0.3 is 66.7 Å². The SMILES string of the molecule is CCOc1cccc(CC(=O)OC)c1COc1ccc(C)cc1C.CCc1cccc(CC(=O)OC)c1COc1ccc(C)cc1C.COC(=O)Cc1cccc(C)c1COc1ccc(C)cc1C.COC(=O)Cc1cccc(C)c1COc1ccc(C)cc1C.COC(=O)Cc1cccc(C2CC2)c1COc1ccc(C)cc1C.COC(=O)Nc1cccc(CO)c1COc1ccc(C)cc1C. The van der Waals surface area contributed by atoms with Crippen LogP contribution in [0.3, 0.4) is 0 Å². The van der Waals surface area contributed by atoms with E-state index >= 15 is 0 Å². The zero-order valence-corrected chi connectivity index (χ0v) is 84.4. The lowest BCUT2D eigenvalue weighted by molar-refractivity contribution is -0.140. The Morgan fingerprint density at radius 3 is 0.870 bits per heavy atom. The summed E-state index contributed by atoms with van der Waals surface area (Å²) in [5, 5.41) is 12.2. The summed E-state index contributed by atoms with van der Waals surface area (Å²) in [5.74, 6) is 5.28. The third kappa shape index (κ3) is 34.3. The molecule has 0 radical (unpaired) electrons. The van der Waals surface area contributed by atoms with E-state index in [0.29, 0.717) is 63.2 Å². The molecule has 0 aliphatic heterocycles. The van der Waals surface area contributed by atoms with Gasteiger partial charge in [-0.15, -0.1) is 0 Å². The van der Waals surface area contributed by atoms with Gasteiger partial charge in [0.25, 0.3) is 0 Å². The molecule has 1 fully saturated rings. The third-order valence-electron chi connectivity index (χ3n) is 23.5. The number of esters is 5. The molecule has 0 bridgehead atoms. The van der Waals surface area contributed by atoms with Gasteiger partial charge in [0, 0.05) is 11.1 Å². The molecule has 12 aromatic rings. The van der Waals surface area contributed by atoms with Gasteiger partial charge in [0.15, 0.2) is 0 Å². The van der Waals surface area contributed by atoms with Gasteiger partial charge in [-0.3, -0.25) is 29.3 Å². The molecule has 21 heteroatoms. The van der Waals surface area contributed by atoms with Crippen molar-refractivity contribution in [3.05, 3.63) is 374 Å². The Balaban J connectivity index is 0.000000203. The van der Waals surface area contributed by atoms with Crippen LogP contribution in [0.5, 0.6) is 40.2 Å². The van der Waals surface area contributed by atoms with Crippen LogP contribution in [0.25, 0.3) is 0 Å². The summed E-state index contributed by atoms with van der Waals surface area (Å²) in [4.78, 5) is 69.6. The van der Waals surface area contributed by atoms with Gasteiger partial charge in [-0.1, -0.05) is 210 Å². The number of carbonyl (C=O) groups excluding carboxylic acids is 6. The van der Waals surface area contributed by atoms with E-state index in [9.17, 15) is 33.9 Å². The molecule has 730 valence electrons. The Morgan fingerprint density at radius 1 is 0.275 bits per heavy atom. The number of aliphatic hydroxyl groups excluding tert-OH is 1. The summed E-state index contributed by atoms with van der Waals surface area (Å²) in [5.41, 5.74) is 30.5. The van der Waals surface area contributed by atoms with Crippen LogP contribution in [0.15, 0.2) is 218 Å². The molecule has 0 atom stereocenters. The molecule has 12 aromatic carbocycles. The van der Waals surface area contributed by atoms with Crippen LogP contribution in [-0.2, 0) is 137 Å². The van der Waals surface area contributed by atoms with Gasteiger partial charge in [0.2, 0.25) is 0 Å². The van der Waals surface area contributed by atoms with Crippen LogP contribution < -0.4 is 38.5 Å². The van der Waals surface area contributed by atoms with Crippen LogP contribution in [0.2, 0.25) is 0 Å². The van der Waals surface area contributed by atoms with Gasteiger partial charge in [-0.25, -0.2) is 4.79 Å². The minimum absolute atomic E-state index is 0.137. The average Bonchev–Trinajstić information content (AvgIpc) is 1.67. The predicted octanol–water partition coefficient (Wildman–Crippen LogP) is 24.0. The molecular formula is C117H137NO20. The van der Waals surface area contributed by atoms with Crippen molar-refractivity contribution in [3.8, 4) is 40.2 Å². The third-order valence-corrected chi connectivity index (χ3v) is 23.5. The van der Waals surface area contributed by atoms with E-state index in [1.54, 1.807) is 18.2 Å². The number of anilines is 1. The number of hydrogen-bond acceptors (Lipinski definition) is 20. The quantitative estimate of drug-likeness (QED) is 0.0281. The maximum Gasteiger partial charge on any atom is 0.411 e. The zero-order valence-electron chi connectivity index (χ0n) is 84.4. The minimum atomic E-state index is -0.562. The van der Waals surface area contributed by atoms with Gasteiger partial charge in [0.1, 0.15) is 79.9 Å². The summed E-state index contributed by atoms with van der Waals surface area (Å²) in [6.45, 7) is 35.5. The highest BCUT2D eigenvalue weighted by molar-refractivity contribution is 5.86. The highest BCUT2D eigenvalue weighted by Gasteiger charge is 2.28. The first-order valence-electron chi connectivity index (χ1n) is 46.4. The average molecular weight is 1880 g/mol. The number of aliphatic hydroxyl groups is 1. The van der Waals surface area contributed by atoms with E-state index < -0.39 is 6.09 Å². The standard InChI is InChI=1S/C21H24O3.C20H24O4.C20H24O3.2C19H22O3.C18H21NO4/c1-14-7-10-20(15(2)11-14)24-13-19-17(12-21(22)23-3)5-4-6-18(19)16-8-9-16;1-5-23-19-8-6-7-16(12-20(21)22-4)17(19)13-24-18-10-9-14(2)11-15(18)3;1-5-16-7-6-8-17(12-20(21)22-4)18(16)13-23-19-10-9-14(2)11-15(19)3;2*1-13-8-9-18(15(3)10-13)22-12-17-14(2)6-5-7-16(17)11-19(20)21-4;1-12-7-8-17(13(2)9-12)23-11-15-14(10-20)5-4-6-16(15)19-18(21)22-3/h4-7,10-11,16H,8-9,12-13H2,1-3H3;6-11H,5,12-13H2,1-4H3;6-11H,5,12-13H2,1-4H3;2*5-10H,11-12H2,1-4H3;4-9,20H,10-11H2,1-3H3,(H,19,21). The van der Waals surface area contributed by atoms with Gasteiger partial charge in [0.05, 0.1) is 93.7 Å². The van der Waals surface area contributed by atoms with Crippen LogP contribution >= 0.6 is 0 Å². The molecule has 1 saturated carbocycles. The van der Waals surface area contributed by atoms with Gasteiger partial charge >= 0.3 is 35.9 Å². The van der Waals surface area contributed by atoms with Crippen molar-refractivity contribution in [1.29, 1.82) is 0 Å². The Kier molecular flexibility index (Phi) is 44.1. The number of benzene rings is 12. The monoisotopic (exact) mass is 1880 g/mol. The fourth-order valence-corrected chi connectivity index (χ4v) is 15.7. The summed E-state index contributed by atoms with van der Waals surface area (Å²) in [6.07, 6.45) is 4.08. The van der Waals surface area contributed by atoms with E-state index in [1.165, 1.54) is 100 Å². The van der Waals surface area contributed by atoms with E-state index in [0.717, 1.165) is 152 Å². The molecule has 13 rings (SSSR count). The van der Waals surface area contributed by atoms with E-state index in [2.05, 4.69) is 107 Å². The summed E-state index contributed by atoms with van der Waals surface area (Å²) < 4.78 is 70.2. The van der Waals surface area contributed by atoms with Gasteiger partial charge in [-0.2, -0.15) is 0 Å². The molecule has 21 nitrogen and oxygen atoms in total. The minimum Gasteiger partial charge on any atom is -0.493 e. The summed E-state index contributed by atoms with van der Waals surface area (Å²) in [7, 11) is 8.35. The predicted molar refractivity (Wildman–Crippen MR) is 543 cm³/mol. The number of hydrogen-bond donors (Lipinski definition) is 2. The van der Waals surface area contributed by atoms with Crippen LogP contribution in [0.1, 0.15) is 188 Å². The Hall–Kier alpha value is -14.2. The number of aryl methyl sites for hydroxylation is 15. The lowest BCUT2D eigenvalue weighted by Gasteiger charge is -2.16. The molecule has 1 amide bonds. The zero-order chi connectivity index (χ0) is 100. The maximum absolute atomic E-state index is 11.7. The number of rotatable bonds is 34. The number of nitrogens with one attached hydrogen (secondary N) is 1. The lowest BCUT2D eigenvalue weighted by Crippen LogP contribution is -2.14. The molecule has 1 aliphatic carbocycles. The van der Waals surface area contributed by atoms with E-state index in [-0.39, 0.29) is 68.7 Å². The molecular weight excluding hydrogens is 1740 g/mol. The van der Waals surface area contributed by atoms with Crippen molar-refractivity contribution < 1.29 is 95.5 Å². The molecule has 138 heavy (non-hydrogen) atoms. The topological polar surface area (TPSA) is 255 Å². The second kappa shape index (κ2) is 55.7. The number of amides is 1. The smallest absolute Gasteiger partial charge is 0.411 e. The molecule has 2 N–H and O–H groups in total. The first kappa shape index (κ1) is 109. The molecule has 0 aromatic heterocycles. The first-order chi connectivity index (χ1) is 66.2. The van der Waals surface area contributed by atoms with Gasteiger partial charge in [-0.05, 0) is 289 Å². The summed E-state index contributed by atoms with van der Waals surface area (Å²) in [6, 6.07) is 71.7. The molecule has 0 unspecified atom stereocenters. The molecule has 0 spiro atoms. The van der Waals surface area contributed by atoms with Crippen molar-refractivity contribution in [2.75, 3.05) is 54.6 Å². The first-order valence-corrected chi connectivity index (χ1v) is 46.4. The lowest BCUT2D eigenvalue weighted by atomic mass is 9.96. The Bertz CT molecular complexity index is 5840. The largest absolute Gasteiger partial charge is 0.493 e. The van der Waals surface area contributed by atoms with E-state index in [1.807, 2.05) is 214 Å².